The number of halogens is 1. The topological polar surface area (TPSA) is 17.8 Å². The number of nitrogens with zero attached hydrogens (tertiary/aromatic N) is 2. The summed E-state index contributed by atoms with van der Waals surface area (Å²) >= 11 is 0. The van der Waals surface area contributed by atoms with Gasteiger partial charge >= 0.3 is 0 Å². The lowest BCUT2D eigenvalue weighted by atomic mass is 9.86. The molecule has 0 aliphatic heterocycles. The fraction of sp³-hybridized carbons (Fsp3) is 0.533. The molecular weight excluding hydrogens is 227 g/mol. The van der Waals surface area contributed by atoms with Crippen molar-refractivity contribution in [1.82, 2.24) is 9.78 Å². The summed E-state index contributed by atoms with van der Waals surface area (Å²) in [6.45, 7) is 10.5. The second-order valence-corrected chi connectivity index (χ2v) is 6.27. The van der Waals surface area contributed by atoms with Crippen LogP contribution in [-0.4, -0.2) is 9.78 Å². The second kappa shape index (κ2) is 4.08. The predicted octanol–water partition coefficient (Wildman–Crippen LogP) is 4.13. The molecule has 2 rings (SSSR count). The smallest absolute Gasteiger partial charge is 0.151 e. The van der Waals surface area contributed by atoms with E-state index in [0.717, 1.165) is 16.6 Å². The lowest BCUT2D eigenvalue weighted by molar-refractivity contribution is 0.576. The third kappa shape index (κ3) is 2.02. The fourth-order valence-corrected chi connectivity index (χ4v) is 2.39. The normalized spacial score (nSPS) is 12.7. The lowest BCUT2D eigenvalue weighted by Crippen LogP contribution is -2.11. The Hall–Kier alpha value is -1.38. The van der Waals surface area contributed by atoms with Crippen LogP contribution in [0.25, 0.3) is 10.9 Å². The van der Waals surface area contributed by atoms with Gasteiger partial charge in [-0.2, -0.15) is 5.10 Å². The molecule has 1 aromatic carbocycles. The van der Waals surface area contributed by atoms with Crippen molar-refractivity contribution in [3.05, 3.63) is 29.2 Å². The average Bonchev–Trinajstić information content (AvgIpc) is 2.53. The molecule has 0 radical (unpaired) electrons. The molecule has 18 heavy (non-hydrogen) atoms. The molecule has 0 fully saturated rings. The van der Waals surface area contributed by atoms with E-state index in [9.17, 15) is 4.39 Å². The van der Waals surface area contributed by atoms with Gasteiger partial charge in [-0.1, -0.05) is 34.6 Å². The molecule has 2 aromatic rings. The molecule has 0 unspecified atom stereocenters. The van der Waals surface area contributed by atoms with Gasteiger partial charge in [-0.05, 0) is 29.0 Å². The van der Waals surface area contributed by atoms with E-state index in [4.69, 9.17) is 0 Å². The Labute approximate surface area is 108 Å². The Bertz CT molecular complexity index is 589. The van der Waals surface area contributed by atoms with E-state index in [1.54, 1.807) is 10.7 Å². The van der Waals surface area contributed by atoms with Gasteiger partial charge in [0.05, 0.1) is 0 Å². The largest absolute Gasteiger partial charge is 0.271 e. The van der Waals surface area contributed by atoms with Gasteiger partial charge in [0.2, 0.25) is 0 Å². The Morgan fingerprint density at radius 1 is 1.22 bits per heavy atom. The molecule has 0 aliphatic rings. The number of aromatic nitrogens is 2. The van der Waals surface area contributed by atoms with Crippen molar-refractivity contribution in [2.24, 2.45) is 7.05 Å². The second-order valence-electron chi connectivity index (χ2n) is 6.27. The minimum Gasteiger partial charge on any atom is -0.271 e. The van der Waals surface area contributed by atoms with Crippen LogP contribution in [0.3, 0.4) is 0 Å². The summed E-state index contributed by atoms with van der Waals surface area (Å²) in [6.07, 6.45) is 0. The van der Waals surface area contributed by atoms with Crippen LogP contribution in [0, 0.1) is 5.82 Å². The van der Waals surface area contributed by atoms with E-state index in [2.05, 4.69) is 45.8 Å². The van der Waals surface area contributed by atoms with Gasteiger partial charge in [0.25, 0.3) is 0 Å². The molecule has 2 nitrogen and oxygen atoms in total. The minimum absolute atomic E-state index is 0.0564. The molecule has 0 amide bonds. The molecule has 0 saturated carbocycles. The van der Waals surface area contributed by atoms with Crippen LogP contribution in [0.1, 0.15) is 51.8 Å². The molecule has 0 bridgehead atoms. The van der Waals surface area contributed by atoms with Crippen molar-refractivity contribution in [2.45, 2.75) is 46.0 Å². The van der Waals surface area contributed by atoms with Crippen molar-refractivity contribution in [2.75, 3.05) is 0 Å². The summed E-state index contributed by atoms with van der Waals surface area (Å²) in [5.74, 6) is 0.106. The molecule has 98 valence electrons. The minimum atomic E-state index is -0.222. The van der Waals surface area contributed by atoms with Crippen LogP contribution in [0.15, 0.2) is 12.1 Å². The number of hydrogen-bond acceptors (Lipinski definition) is 1. The molecule has 1 aromatic heterocycles. The van der Waals surface area contributed by atoms with Gasteiger partial charge in [-0.3, -0.25) is 4.68 Å². The highest BCUT2D eigenvalue weighted by atomic mass is 19.1. The molecule has 0 aliphatic carbocycles. The molecule has 0 spiro atoms. The van der Waals surface area contributed by atoms with E-state index in [-0.39, 0.29) is 11.2 Å². The number of aryl methyl sites for hydroxylation is 1. The summed E-state index contributed by atoms with van der Waals surface area (Å²) in [4.78, 5) is 0. The third-order valence-electron chi connectivity index (χ3n) is 3.35. The van der Waals surface area contributed by atoms with Crippen LogP contribution in [-0.2, 0) is 12.5 Å². The summed E-state index contributed by atoms with van der Waals surface area (Å²) in [7, 11) is 1.88. The van der Waals surface area contributed by atoms with E-state index < -0.39 is 0 Å². The summed E-state index contributed by atoms with van der Waals surface area (Å²) in [6, 6.07) is 3.69. The van der Waals surface area contributed by atoms with Crippen LogP contribution >= 0.6 is 0 Å². The quantitative estimate of drug-likeness (QED) is 0.742. The first-order valence-corrected chi connectivity index (χ1v) is 6.38. The Morgan fingerprint density at radius 3 is 2.33 bits per heavy atom. The van der Waals surface area contributed by atoms with Gasteiger partial charge in [0.1, 0.15) is 5.52 Å². The zero-order valence-electron chi connectivity index (χ0n) is 12.0. The van der Waals surface area contributed by atoms with Crippen molar-refractivity contribution in [1.29, 1.82) is 0 Å². The molecule has 0 atom stereocenters. The maximum atomic E-state index is 14.2. The van der Waals surface area contributed by atoms with Crippen LogP contribution in [0.2, 0.25) is 0 Å². The Morgan fingerprint density at radius 2 is 1.83 bits per heavy atom. The summed E-state index contributed by atoms with van der Waals surface area (Å²) in [5, 5.41) is 5.24. The highest BCUT2D eigenvalue weighted by Crippen LogP contribution is 2.32. The van der Waals surface area contributed by atoms with Crippen molar-refractivity contribution in [3.8, 4) is 0 Å². The van der Waals surface area contributed by atoms with E-state index in [0.29, 0.717) is 11.4 Å². The lowest BCUT2D eigenvalue weighted by Gasteiger charge is -2.19. The summed E-state index contributed by atoms with van der Waals surface area (Å²) < 4.78 is 16.0. The number of fused-ring (bicyclic) bond motifs is 1. The van der Waals surface area contributed by atoms with Crippen molar-refractivity contribution >= 4 is 10.9 Å². The van der Waals surface area contributed by atoms with Crippen LogP contribution in [0.4, 0.5) is 4.39 Å². The van der Waals surface area contributed by atoms with Gasteiger partial charge in [-0.25, -0.2) is 4.39 Å². The first-order valence-electron chi connectivity index (χ1n) is 6.38. The summed E-state index contributed by atoms with van der Waals surface area (Å²) in [5.41, 5.74) is 2.53. The third-order valence-corrected chi connectivity index (χ3v) is 3.35. The standard InChI is InChI=1S/C15H21FN2/c1-9(2)14-11-7-10(15(3,4)5)8-12(16)13(11)17-18(14)6/h7-9H,1-6H3. The van der Waals surface area contributed by atoms with Crippen molar-refractivity contribution in [3.63, 3.8) is 0 Å². The molecular formula is C15H21FN2. The predicted molar refractivity (Wildman–Crippen MR) is 73.5 cm³/mol. The van der Waals surface area contributed by atoms with E-state index in [1.807, 2.05) is 7.05 Å². The van der Waals surface area contributed by atoms with Gasteiger partial charge in [-0.15, -0.1) is 0 Å². The molecule has 3 heteroatoms. The zero-order valence-corrected chi connectivity index (χ0v) is 12.0. The highest BCUT2D eigenvalue weighted by molar-refractivity contribution is 5.83. The highest BCUT2D eigenvalue weighted by Gasteiger charge is 2.21. The van der Waals surface area contributed by atoms with Gasteiger partial charge in [0, 0.05) is 18.1 Å². The number of hydrogen-bond donors (Lipinski definition) is 0. The first kappa shape index (κ1) is 13.1. The zero-order chi connectivity index (χ0) is 13.7. The van der Waals surface area contributed by atoms with Gasteiger partial charge < -0.3 is 0 Å². The molecule has 0 saturated heterocycles. The number of benzene rings is 1. The van der Waals surface area contributed by atoms with Gasteiger partial charge in [0.15, 0.2) is 5.82 Å². The SMILES string of the molecule is CC(C)c1c2cc(C(C)(C)C)cc(F)c2nn1C. The maximum Gasteiger partial charge on any atom is 0.151 e. The van der Waals surface area contributed by atoms with Crippen LogP contribution < -0.4 is 0 Å². The monoisotopic (exact) mass is 248 g/mol. The average molecular weight is 248 g/mol. The van der Waals surface area contributed by atoms with Crippen molar-refractivity contribution < 1.29 is 4.39 Å². The molecule has 0 N–H and O–H groups in total. The van der Waals surface area contributed by atoms with Crippen LogP contribution in [0.5, 0.6) is 0 Å². The maximum absolute atomic E-state index is 14.2. The fourth-order valence-electron chi connectivity index (χ4n) is 2.39. The van der Waals surface area contributed by atoms with E-state index >= 15 is 0 Å². The van der Waals surface area contributed by atoms with E-state index in [1.165, 1.54) is 0 Å². The molecule has 1 heterocycles. The Balaban J connectivity index is 2.81. The number of rotatable bonds is 1. The Kier molecular flexibility index (Phi) is 2.96. The first-order chi connectivity index (χ1) is 8.21.